The lowest BCUT2D eigenvalue weighted by Gasteiger charge is -2.38. The highest BCUT2D eigenvalue weighted by Gasteiger charge is 2.35. The maximum absolute atomic E-state index is 13.7. The number of fused-ring (bicyclic) bond motifs is 1. The lowest BCUT2D eigenvalue weighted by atomic mass is 9.99. The third-order valence-electron chi connectivity index (χ3n) is 7.05. The first-order chi connectivity index (χ1) is 18.6. The standard InChI is InChI=1S/C30H37N3O5S/c1-21-13-15-25(16-14-21)39(36,37)31-27-12-8-11-26-29(27)38-28(19-32(4)18-24-9-6-5-7-10-24)22(2)17-33(30(26)35)23(3)20-34/h5-16,22-23,28,31,34H,17-20H2,1-4H3/t22-,23+,28+/m1/s1. The van der Waals surface area contributed by atoms with E-state index < -0.39 is 16.1 Å². The number of aliphatic hydroxyl groups excluding tert-OH is 1. The number of para-hydroxylation sites is 1. The topological polar surface area (TPSA) is 99.2 Å². The fourth-order valence-electron chi connectivity index (χ4n) is 4.73. The number of nitrogens with one attached hydrogen (secondary N) is 1. The summed E-state index contributed by atoms with van der Waals surface area (Å²) >= 11 is 0. The van der Waals surface area contributed by atoms with E-state index in [9.17, 15) is 18.3 Å². The van der Waals surface area contributed by atoms with Crippen LogP contribution in [0.15, 0.2) is 77.7 Å². The van der Waals surface area contributed by atoms with Crippen LogP contribution < -0.4 is 9.46 Å². The van der Waals surface area contributed by atoms with E-state index in [1.807, 2.05) is 39.1 Å². The number of benzene rings is 3. The minimum absolute atomic E-state index is 0.101. The van der Waals surface area contributed by atoms with Gasteiger partial charge in [-0.25, -0.2) is 8.42 Å². The molecule has 3 aromatic rings. The monoisotopic (exact) mass is 551 g/mol. The number of hydrogen-bond donors (Lipinski definition) is 2. The van der Waals surface area contributed by atoms with E-state index >= 15 is 0 Å². The van der Waals surface area contributed by atoms with E-state index in [1.165, 1.54) is 0 Å². The van der Waals surface area contributed by atoms with Crippen molar-refractivity contribution in [2.45, 2.75) is 44.4 Å². The molecule has 0 radical (unpaired) electrons. The third-order valence-corrected chi connectivity index (χ3v) is 8.44. The summed E-state index contributed by atoms with van der Waals surface area (Å²) in [6.45, 7) is 7.15. The molecule has 0 unspecified atom stereocenters. The van der Waals surface area contributed by atoms with Crippen LogP contribution in [0.2, 0.25) is 0 Å². The zero-order valence-electron chi connectivity index (χ0n) is 22.9. The Morgan fingerprint density at radius 1 is 1.08 bits per heavy atom. The summed E-state index contributed by atoms with van der Waals surface area (Å²) in [7, 11) is -1.93. The number of rotatable bonds is 9. The van der Waals surface area contributed by atoms with Crippen molar-refractivity contribution in [3.05, 3.63) is 89.5 Å². The first-order valence-corrected chi connectivity index (χ1v) is 14.6. The Morgan fingerprint density at radius 3 is 2.44 bits per heavy atom. The van der Waals surface area contributed by atoms with Crippen LogP contribution in [0.5, 0.6) is 5.75 Å². The quantitative estimate of drug-likeness (QED) is 0.415. The van der Waals surface area contributed by atoms with Crippen LogP contribution in [-0.2, 0) is 16.6 Å². The van der Waals surface area contributed by atoms with Gasteiger partial charge in [0.05, 0.1) is 28.8 Å². The Kier molecular flexibility index (Phi) is 8.94. The van der Waals surface area contributed by atoms with Gasteiger partial charge in [-0.3, -0.25) is 14.4 Å². The van der Waals surface area contributed by atoms with Crippen LogP contribution in [0, 0.1) is 12.8 Å². The number of ether oxygens (including phenoxy) is 1. The molecule has 1 aliphatic rings. The second-order valence-electron chi connectivity index (χ2n) is 10.4. The van der Waals surface area contributed by atoms with Crippen molar-refractivity contribution in [1.82, 2.24) is 9.80 Å². The summed E-state index contributed by atoms with van der Waals surface area (Å²) in [5, 5.41) is 9.90. The minimum atomic E-state index is -3.94. The number of carbonyl (C=O) groups excluding carboxylic acids is 1. The molecule has 9 heteroatoms. The van der Waals surface area contributed by atoms with Gasteiger partial charge in [-0.15, -0.1) is 0 Å². The van der Waals surface area contributed by atoms with Gasteiger partial charge in [-0.05, 0) is 50.7 Å². The zero-order valence-corrected chi connectivity index (χ0v) is 23.7. The summed E-state index contributed by atoms with van der Waals surface area (Å²) in [5.41, 5.74) is 2.56. The molecule has 0 bridgehead atoms. The first kappa shape index (κ1) is 28.6. The summed E-state index contributed by atoms with van der Waals surface area (Å²) in [4.78, 5) is 17.6. The van der Waals surface area contributed by atoms with E-state index in [1.54, 1.807) is 54.3 Å². The largest absolute Gasteiger partial charge is 0.486 e. The molecule has 0 aromatic heterocycles. The molecule has 1 heterocycles. The maximum atomic E-state index is 13.7. The number of sulfonamides is 1. The van der Waals surface area contributed by atoms with Crippen LogP contribution in [-0.4, -0.2) is 68.1 Å². The van der Waals surface area contributed by atoms with Crippen LogP contribution in [0.25, 0.3) is 0 Å². The molecule has 3 atom stereocenters. The molecule has 8 nitrogen and oxygen atoms in total. The predicted octanol–water partition coefficient (Wildman–Crippen LogP) is 4.15. The molecule has 0 aliphatic carbocycles. The van der Waals surface area contributed by atoms with E-state index in [2.05, 4.69) is 21.8 Å². The molecule has 0 fully saturated rings. The molecule has 39 heavy (non-hydrogen) atoms. The van der Waals surface area contributed by atoms with Gasteiger partial charge in [0.15, 0.2) is 5.75 Å². The van der Waals surface area contributed by atoms with Crippen molar-refractivity contribution in [2.75, 3.05) is 31.5 Å². The van der Waals surface area contributed by atoms with E-state index in [0.717, 1.165) is 11.1 Å². The molecular weight excluding hydrogens is 514 g/mol. The number of hydrogen-bond acceptors (Lipinski definition) is 6. The van der Waals surface area contributed by atoms with Crippen molar-refractivity contribution >= 4 is 21.6 Å². The van der Waals surface area contributed by atoms with Crippen LogP contribution >= 0.6 is 0 Å². The molecule has 4 rings (SSSR count). The highest BCUT2D eigenvalue weighted by Crippen LogP contribution is 2.36. The van der Waals surface area contributed by atoms with E-state index in [4.69, 9.17) is 4.74 Å². The fraction of sp³-hybridized carbons (Fsp3) is 0.367. The van der Waals surface area contributed by atoms with Crippen LogP contribution in [0.1, 0.15) is 35.3 Å². The van der Waals surface area contributed by atoms with Crippen molar-refractivity contribution in [1.29, 1.82) is 0 Å². The molecule has 3 aromatic carbocycles. The summed E-state index contributed by atoms with van der Waals surface area (Å²) in [5.74, 6) is -0.222. The van der Waals surface area contributed by atoms with Gasteiger partial charge < -0.3 is 14.7 Å². The minimum Gasteiger partial charge on any atom is -0.486 e. The third kappa shape index (κ3) is 6.79. The number of amides is 1. The molecule has 0 spiro atoms. The molecule has 2 N–H and O–H groups in total. The lowest BCUT2D eigenvalue weighted by molar-refractivity contribution is 0.0344. The highest BCUT2D eigenvalue weighted by atomic mass is 32.2. The van der Waals surface area contributed by atoms with Gasteiger partial charge >= 0.3 is 0 Å². The number of nitrogens with zero attached hydrogens (tertiary/aromatic N) is 2. The van der Waals surface area contributed by atoms with Crippen LogP contribution in [0.3, 0.4) is 0 Å². The van der Waals surface area contributed by atoms with Gasteiger partial charge in [0, 0.05) is 25.6 Å². The first-order valence-electron chi connectivity index (χ1n) is 13.1. The molecule has 0 saturated carbocycles. The van der Waals surface area contributed by atoms with Gasteiger partial charge in [0.25, 0.3) is 15.9 Å². The number of aliphatic hydroxyl groups is 1. The van der Waals surface area contributed by atoms with Gasteiger partial charge in [-0.2, -0.15) is 0 Å². The molecule has 1 amide bonds. The van der Waals surface area contributed by atoms with E-state index in [-0.39, 0.29) is 46.4 Å². The number of anilines is 1. The summed E-state index contributed by atoms with van der Waals surface area (Å²) in [6.07, 6.45) is -0.357. The van der Waals surface area contributed by atoms with Gasteiger partial charge in [-0.1, -0.05) is 61.0 Å². The normalized spacial score (nSPS) is 18.6. The average molecular weight is 552 g/mol. The maximum Gasteiger partial charge on any atom is 0.262 e. The summed E-state index contributed by atoms with van der Waals surface area (Å²) in [6, 6.07) is 21.1. The number of likely N-dealkylation sites (N-methyl/N-ethyl adjacent to an activating group) is 1. The number of carbonyl (C=O) groups is 1. The van der Waals surface area contributed by atoms with Crippen LogP contribution in [0.4, 0.5) is 5.69 Å². The second kappa shape index (κ2) is 12.2. The van der Waals surface area contributed by atoms with Gasteiger partial charge in [0.1, 0.15) is 6.10 Å². The molecule has 208 valence electrons. The lowest BCUT2D eigenvalue weighted by Crippen LogP contribution is -2.49. The Bertz CT molecular complexity index is 1380. The zero-order chi connectivity index (χ0) is 28.2. The Balaban J connectivity index is 1.71. The van der Waals surface area contributed by atoms with Crippen molar-refractivity contribution in [2.24, 2.45) is 5.92 Å². The molecular formula is C30H37N3O5S. The Morgan fingerprint density at radius 2 is 1.77 bits per heavy atom. The number of aryl methyl sites for hydroxylation is 1. The predicted molar refractivity (Wildman–Crippen MR) is 152 cm³/mol. The molecule has 1 aliphatic heterocycles. The fourth-order valence-corrected chi connectivity index (χ4v) is 5.79. The Labute approximate surface area is 231 Å². The van der Waals surface area contributed by atoms with Crippen molar-refractivity contribution < 1.29 is 23.1 Å². The van der Waals surface area contributed by atoms with E-state index in [0.29, 0.717) is 19.6 Å². The Hall–Kier alpha value is -3.40. The molecule has 0 saturated heterocycles. The smallest absolute Gasteiger partial charge is 0.262 e. The van der Waals surface area contributed by atoms with Crippen molar-refractivity contribution in [3.8, 4) is 5.75 Å². The summed E-state index contributed by atoms with van der Waals surface area (Å²) < 4.78 is 35.7. The SMILES string of the molecule is Cc1ccc(S(=O)(=O)Nc2cccc3c2O[C@@H](CN(C)Cc2ccccc2)[C@H](C)CN([C@@H](C)CO)C3=O)cc1. The highest BCUT2D eigenvalue weighted by molar-refractivity contribution is 7.92. The van der Waals surface area contributed by atoms with Gasteiger partial charge in [0.2, 0.25) is 0 Å². The van der Waals surface area contributed by atoms with Crippen molar-refractivity contribution in [3.63, 3.8) is 0 Å². The average Bonchev–Trinajstić information content (AvgIpc) is 2.91. The second-order valence-corrected chi connectivity index (χ2v) is 12.1.